The summed E-state index contributed by atoms with van der Waals surface area (Å²) in [6.45, 7) is 1.58. The molecule has 5 rings (SSSR count). The highest BCUT2D eigenvalue weighted by Crippen LogP contribution is 2.42. The van der Waals surface area contributed by atoms with E-state index in [2.05, 4.69) is 6.92 Å². The molecule has 8 nitrogen and oxygen atoms in total. The third-order valence-corrected chi connectivity index (χ3v) is 7.26. The number of amides is 2. The minimum absolute atomic E-state index is 0.132. The molecule has 0 radical (unpaired) electrons. The maximum atomic E-state index is 13.0. The number of hydrogen-bond acceptors (Lipinski definition) is 7. The van der Waals surface area contributed by atoms with Gasteiger partial charge in [-0.25, -0.2) is 9.59 Å². The summed E-state index contributed by atoms with van der Waals surface area (Å²) in [7, 11) is 0. The minimum atomic E-state index is -0.747. The molecule has 0 aromatic heterocycles. The molecule has 1 aliphatic carbocycles. The van der Waals surface area contributed by atoms with Gasteiger partial charge in [-0.3, -0.25) is 19.3 Å². The van der Waals surface area contributed by atoms with Gasteiger partial charge in [0.2, 0.25) is 11.8 Å². The fourth-order valence-electron chi connectivity index (χ4n) is 5.16. The largest absolute Gasteiger partial charge is 0.454 e. The monoisotopic (exact) mass is 525 g/mol. The third kappa shape index (κ3) is 5.50. The Morgan fingerprint density at radius 3 is 2.21 bits per heavy atom. The van der Waals surface area contributed by atoms with E-state index >= 15 is 0 Å². The lowest BCUT2D eigenvalue weighted by Gasteiger charge is -2.25. The molecule has 8 heteroatoms. The van der Waals surface area contributed by atoms with E-state index in [1.165, 1.54) is 41.3 Å². The van der Waals surface area contributed by atoms with Crippen LogP contribution in [-0.2, 0) is 14.3 Å². The first kappa shape index (κ1) is 26.0. The fraction of sp³-hybridized carbons (Fsp3) is 0.258. The van der Waals surface area contributed by atoms with Crippen molar-refractivity contribution in [2.45, 2.75) is 26.2 Å². The molecule has 3 atom stereocenters. The Morgan fingerprint density at radius 1 is 0.769 bits per heavy atom. The molecule has 39 heavy (non-hydrogen) atoms. The van der Waals surface area contributed by atoms with E-state index in [4.69, 9.17) is 9.47 Å². The van der Waals surface area contributed by atoms with Gasteiger partial charge >= 0.3 is 11.9 Å². The number of anilines is 1. The van der Waals surface area contributed by atoms with Crippen LogP contribution in [0, 0.1) is 17.8 Å². The van der Waals surface area contributed by atoms with Gasteiger partial charge in [-0.15, -0.1) is 0 Å². The van der Waals surface area contributed by atoms with Crippen LogP contribution in [0.2, 0.25) is 0 Å². The molecule has 198 valence electrons. The van der Waals surface area contributed by atoms with Crippen molar-refractivity contribution < 1.29 is 33.4 Å². The lowest BCUT2D eigenvalue weighted by molar-refractivity contribution is -0.122. The predicted octanol–water partition coefficient (Wildman–Crippen LogP) is 4.87. The first-order chi connectivity index (χ1) is 18.8. The summed E-state index contributed by atoms with van der Waals surface area (Å²) in [4.78, 5) is 64.6. The second kappa shape index (κ2) is 11.0. The Hall–Kier alpha value is -4.59. The highest BCUT2D eigenvalue weighted by atomic mass is 16.5. The second-order valence-electron chi connectivity index (χ2n) is 9.97. The zero-order valence-electron chi connectivity index (χ0n) is 21.4. The quantitative estimate of drug-likeness (QED) is 0.187. The smallest absolute Gasteiger partial charge is 0.343 e. The summed E-state index contributed by atoms with van der Waals surface area (Å²) >= 11 is 0. The maximum Gasteiger partial charge on any atom is 0.343 e. The van der Waals surface area contributed by atoms with Crippen LogP contribution in [0.25, 0.3) is 0 Å². The number of hydrogen-bond donors (Lipinski definition) is 0. The van der Waals surface area contributed by atoms with Crippen LogP contribution in [0.5, 0.6) is 5.75 Å². The van der Waals surface area contributed by atoms with Crippen LogP contribution in [0.1, 0.15) is 57.3 Å². The lowest BCUT2D eigenvalue weighted by Crippen LogP contribution is -2.31. The van der Waals surface area contributed by atoms with E-state index in [1.54, 1.807) is 42.5 Å². The normalized spacial score (nSPS) is 20.3. The Labute approximate surface area is 225 Å². The molecule has 1 aliphatic heterocycles. The highest BCUT2D eigenvalue weighted by molar-refractivity contribution is 6.22. The van der Waals surface area contributed by atoms with E-state index in [-0.39, 0.29) is 40.5 Å². The van der Waals surface area contributed by atoms with Gasteiger partial charge in [-0.1, -0.05) is 31.2 Å². The summed E-state index contributed by atoms with van der Waals surface area (Å²) in [5.74, 6) is -2.12. The summed E-state index contributed by atoms with van der Waals surface area (Å²) in [5, 5.41) is 0. The van der Waals surface area contributed by atoms with Crippen molar-refractivity contribution in [2.75, 3.05) is 11.5 Å². The standard InChI is InChI=1S/C31H27NO7/c1-19-10-15-25-26(16-19)29(35)32(28(25)34)23-9-5-8-22(17-23)30(36)38-18-27(33)20-11-13-24(14-12-20)39-31(37)21-6-3-2-4-7-21/h2-9,11-14,17,19,25-26H,10,15-16,18H2,1H3. The molecule has 1 saturated carbocycles. The van der Waals surface area contributed by atoms with Gasteiger partial charge in [-0.05, 0) is 79.8 Å². The van der Waals surface area contributed by atoms with Crippen molar-refractivity contribution in [3.05, 3.63) is 95.6 Å². The van der Waals surface area contributed by atoms with Crippen LogP contribution < -0.4 is 9.64 Å². The average molecular weight is 526 g/mol. The molecule has 0 N–H and O–H groups in total. The summed E-state index contributed by atoms with van der Waals surface area (Å²) in [6, 6.07) is 20.6. The summed E-state index contributed by atoms with van der Waals surface area (Å²) in [6.07, 6.45) is 2.29. The van der Waals surface area contributed by atoms with Gasteiger partial charge in [0, 0.05) is 5.56 Å². The maximum absolute atomic E-state index is 13.0. The molecule has 1 heterocycles. The number of ketones is 1. The Kier molecular flexibility index (Phi) is 7.36. The van der Waals surface area contributed by atoms with Crippen LogP contribution in [0.4, 0.5) is 5.69 Å². The van der Waals surface area contributed by atoms with Gasteiger partial charge in [0.15, 0.2) is 12.4 Å². The number of rotatable bonds is 7. The number of carbonyl (C=O) groups is 5. The fourth-order valence-corrected chi connectivity index (χ4v) is 5.16. The number of imide groups is 1. The Bertz CT molecular complexity index is 1430. The van der Waals surface area contributed by atoms with Gasteiger partial charge < -0.3 is 9.47 Å². The number of Topliss-reactive ketones (excluding diaryl/α,β-unsaturated/α-hetero) is 1. The number of carbonyl (C=O) groups excluding carboxylic acids is 5. The van der Waals surface area contributed by atoms with Crippen molar-refractivity contribution in [3.8, 4) is 5.75 Å². The van der Waals surface area contributed by atoms with Gasteiger partial charge in [0.05, 0.1) is 28.7 Å². The molecule has 2 aliphatic rings. The van der Waals surface area contributed by atoms with Gasteiger partial charge in [0.1, 0.15) is 5.75 Å². The number of esters is 2. The van der Waals surface area contributed by atoms with E-state index in [9.17, 15) is 24.0 Å². The van der Waals surface area contributed by atoms with E-state index < -0.39 is 24.3 Å². The van der Waals surface area contributed by atoms with Crippen molar-refractivity contribution in [3.63, 3.8) is 0 Å². The van der Waals surface area contributed by atoms with Crippen molar-refractivity contribution in [1.82, 2.24) is 0 Å². The molecule has 3 unspecified atom stereocenters. The molecular weight excluding hydrogens is 498 g/mol. The minimum Gasteiger partial charge on any atom is -0.454 e. The molecule has 3 aromatic rings. The van der Waals surface area contributed by atoms with Crippen molar-refractivity contribution in [2.24, 2.45) is 17.8 Å². The van der Waals surface area contributed by atoms with E-state index in [0.717, 1.165) is 6.42 Å². The SMILES string of the molecule is CC1CCC2C(=O)N(c3cccc(C(=O)OCC(=O)c4ccc(OC(=O)c5ccccc5)cc4)c3)C(=O)C2C1. The first-order valence-corrected chi connectivity index (χ1v) is 12.9. The van der Waals surface area contributed by atoms with Crippen molar-refractivity contribution >= 4 is 35.2 Å². The van der Waals surface area contributed by atoms with Gasteiger partial charge in [0.25, 0.3) is 0 Å². The number of benzene rings is 3. The molecule has 1 saturated heterocycles. The molecular formula is C31H27NO7. The van der Waals surface area contributed by atoms with Gasteiger partial charge in [-0.2, -0.15) is 0 Å². The average Bonchev–Trinajstić information content (AvgIpc) is 3.21. The Balaban J connectivity index is 1.19. The first-order valence-electron chi connectivity index (χ1n) is 12.9. The zero-order valence-corrected chi connectivity index (χ0v) is 21.4. The Morgan fingerprint density at radius 2 is 1.46 bits per heavy atom. The third-order valence-electron chi connectivity index (χ3n) is 7.26. The zero-order chi connectivity index (χ0) is 27.5. The molecule has 0 bridgehead atoms. The summed E-state index contributed by atoms with van der Waals surface area (Å²) in [5.41, 5.74) is 1.14. The van der Waals surface area contributed by atoms with Crippen LogP contribution >= 0.6 is 0 Å². The highest BCUT2D eigenvalue weighted by Gasteiger charge is 2.50. The van der Waals surface area contributed by atoms with Crippen LogP contribution in [-0.4, -0.2) is 36.1 Å². The lowest BCUT2D eigenvalue weighted by atomic mass is 9.76. The topological polar surface area (TPSA) is 107 Å². The number of ether oxygens (including phenoxy) is 2. The molecule has 2 fully saturated rings. The van der Waals surface area contributed by atoms with E-state index in [0.29, 0.717) is 30.0 Å². The predicted molar refractivity (Wildman–Crippen MR) is 141 cm³/mol. The van der Waals surface area contributed by atoms with Crippen molar-refractivity contribution in [1.29, 1.82) is 0 Å². The number of nitrogens with zero attached hydrogens (tertiary/aromatic N) is 1. The number of fused-ring (bicyclic) bond motifs is 1. The molecule has 3 aromatic carbocycles. The van der Waals surface area contributed by atoms with Crippen LogP contribution in [0.3, 0.4) is 0 Å². The molecule has 2 amide bonds. The van der Waals surface area contributed by atoms with E-state index in [1.807, 2.05) is 0 Å². The van der Waals surface area contributed by atoms with Crippen LogP contribution in [0.15, 0.2) is 78.9 Å². The second-order valence-corrected chi connectivity index (χ2v) is 9.97. The molecule has 0 spiro atoms. The summed E-state index contributed by atoms with van der Waals surface area (Å²) < 4.78 is 10.5.